The van der Waals surface area contributed by atoms with Crippen LogP contribution in [0.3, 0.4) is 0 Å². The Bertz CT molecular complexity index is 812. The van der Waals surface area contributed by atoms with Gasteiger partial charge in [0.25, 0.3) is 5.91 Å². The Balaban J connectivity index is 1.72. The zero-order valence-electron chi connectivity index (χ0n) is 12.1. The van der Waals surface area contributed by atoms with Crippen molar-refractivity contribution >= 4 is 11.6 Å². The van der Waals surface area contributed by atoms with Crippen LogP contribution in [0.15, 0.2) is 55.1 Å². The number of hydrogen-bond acceptors (Lipinski definition) is 3. The van der Waals surface area contributed by atoms with Crippen LogP contribution in [0.5, 0.6) is 0 Å². The molecule has 1 fully saturated rings. The van der Waals surface area contributed by atoms with E-state index in [0.717, 1.165) is 30.7 Å². The van der Waals surface area contributed by atoms with Gasteiger partial charge >= 0.3 is 0 Å². The third-order valence-electron chi connectivity index (χ3n) is 4.22. The van der Waals surface area contributed by atoms with Gasteiger partial charge in [-0.15, -0.1) is 0 Å². The summed E-state index contributed by atoms with van der Waals surface area (Å²) < 4.78 is 2.07. The number of rotatable bonds is 2. The van der Waals surface area contributed by atoms with Crippen LogP contribution in [-0.2, 0) is 0 Å². The van der Waals surface area contributed by atoms with E-state index in [1.54, 1.807) is 24.7 Å². The summed E-state index contributed by atoms with van der Waals surface area (Å²) >= 11 is 0. The first-order valence-corrected chi connectivity index (χ1v) is 7.47. The van der Waals surface area contributed by atoms with Gasteiger partial charge in [0, 0.05) is 37.0 Å². The van der Waals surface area contributed by atoms with Crippen molar-refractivity contribution in [2.75, 3.05) is 6.54 Å². The molecule has 3 aromatic rings. The molecule has 1 atom stereocenters. The lowest BCUT2D eigenvalue weighted by Crippen LogP contribution is -2.31. The number of carbonyl (C=O) groups excluding carboxylic acids is 1. The molecule has 0 bridgehead atoms. The highest BCUT2D eigenvalue weighted by molar-refractivity contribution is 5.94. The molecule has 1 amide bonds. The standard InChI is InChI=1S/C17H16N4O/c22-17(13-4-2-8-18-12-13)21-10-3-6-15(21)14-5-1-7-16-19-9-11-20(14)16/h1-2,4-5,7-9,11-12,15H,3,6,10H2. The van der Waals surface area contributed by atoms with Gasteiger partial charge in [-0.25, -0.2) is 4.98 Å². The number of imidazole rings is 1. The second-order valence-electron chi connectivity index (χ2n) is 5.50. The molecular weight excluding hydrogens is 276 g/mol. The Morgan fingerprint density at radius 1 is 1.18 bits per heavy atom. The normalized spacial score (nSPS) is 18.0. The van der Waals surface area contributed by atoms with Crippen LogP contribution >= 0.6 is 0 Å². The molecule has 1 aliphatic rings. The van der Waals surface area contributed by atoms with Gasteiger partial charge in [-0.3, -0.25) is 9.78 Å². The highest BCUT2D eigenvalue weighted by Gasteiger charge is 2.31. The van der Waals surface area contributed by atoms with Gasteiger partial charge in [-0.1, -0.05) is 6.07 Å². The molecule has 110 valence electrons. The van der Waals surface area contributed by atoms with Crippen LogP contribution in [0, 0.1) is 0 Å². The van der Waals surface area contributed by atoms with Crippen molar-refractivity contribution in [3.63, 3.8) is 0 Å². The van der Waals surface area contributed by atoms with Crippen LogP contribution in [0.1, 0.15) is 34.9 Å². The van der Waals surface area contributed by atoms with Crippen molar-refractivity contribution in [1.82, 2.24) is 19.3 Å². The zero-order valence-corrected chi connectivity index (χ0v) is 12.1. The Hall–Kier alpha value is -2.69. The molecule has 4 heterocycles. The number of hydrogen-bond donors (Lipinski definition) is 0. The topological polar surface area (TPSA) is 50.5 Å². The largest absolute Gasteiger partial charge is 0.330 e. The lowest BCUT2D eigenvalue weighted by molar-refractivity contribution is 0.0732. The first-order valence-electron chi connectivity index (χ1n) is 7.47. The second kappa shape index (κ2) is 5.26. The Kier molecular flexibility index (Phi) is 3.11. The van der Waals surface area contributed by atoms with Gasteiger partial charge in [0.05, 0.1) is 11.6 Å². The third-order valence-corrected chi connectivity index (χ3v) is 4.22. The molecular formula is C17H16N4O. The number of carbonyl (C=O) groups is 1. The fourth-order valence-electron chi connectivity index (χ4n) is 3.21. The van der Waals surface area contributed by atoms with Crippen molar-refractivity contribution in [3.05, 3.63) is 66.4 Å². The predicted octanol–water partition coefficient (Wildman–Crippen LogP) is 2.71. The maximum atomic E-state index is 12.8. The van der Waals surface area contributed by atoms with E-state index < -0.39 is 0 Å². The molecule has 0 radical (unpaired) electrons. The predicted molar refractivity (Wildman–Crippen MR) is 82.4 cm³/mol. The zero-order chi connectivity index (χ0) is 14.9. The van der Waals surface area contributed by atoms with E-state index in [9.17, 15) is 4.79 Å². The molecule has 4 rings (SSSR count). The first kappa shape index (κ1) is 13.0. The Labute approximate surface area is 128 Å². The van der Waals surface area contributed by atoms with Gasteiger partial charge in [-0.05, 0) is 37.1 Å². The maximum absolute atomic E-state index is 12.8. The van der Waals surface area contributed by atoms with Crippen molar-refractivity contribution in [3.8, 4) is 0 Å². The molecule has 5 heteroatoms. The van der Waals surface area contributed by atoms with E-state index in [-0.39, 0.29) is 11.9 Å². The van der Waals surface area contributed by atoms with Crippen LogP contribution < -0.4 is 0 Å². The minimum absolute atomic E-state index is 0.0488. The lowest BCUT2D eigenvalue weighted by Gasteiger charge is -2.25. The number of nitrogens with zero attached hydrogens (tertiary/aromatic N) is 4. The molecule has 0 spiro atoms. The van der Waals surface area contributed by atoms with Crippen LogP contribution in [0.2, 0.25) is 0 Å². The summed E-state index contributed by atoms with van der Waals surface area (Å²) in [5, 5.41) is 0. The summed E-state index contributed by atoms with van der Waals surface area (Å²) in [5.74, 6) is 0.0488. The summed E-state index contributed by atoms with van der Waals surface area (Å²) in [6.07, 6.45) is 9.06. The molecule has 5 nitrogen and oxygen atoms in total. The van der Waals surface area contributed by atoms with Crippen molar-refractivity contribution < 1.29 is 4.79 Å². The van der Waals surface area contributed by atoms with Crippen molar-refractivity contribution in [1.29, 1.82) is 0 Å². The molecule has 0 aliphatic carbocycles. The van der Waals surface area contributed by atoms with Gasteiger partial charge in [0.1, 0.15) is 5.65 Å². The van der Waals surface area contributed by atoms with Crippen LogP contribution in [-0.4, -0.2) is 31.7 Å². The fraction of sp³-hybridized carbons (Fsp3) is 0.235. The summed E-state index contributed by atoms with van der Waals surface area (Å²) in [6, 6.07) is 9.77. The Morgan fingerprint density at radius 2 is 2.14 bits per heavy atom. The molecule has 1 saturated heterocycles. The minimum Gasteiger partial charge on any atom is -0.330 e. The summed E-state index contributed by atoms with van der Waals surface area (Å²) in [5.41, 5.74) is 2.68. The highest BCUT2D eigenvalue weighted by Crippen LogP contribution is 2.33. The molecule has 22 heavy (non-hydrogen) atoms. The molecule has 0 aromatic carbocycles. The molecule has 1 unspecified atom stereocenters. The van der Waals surface area contributed by atoms with Crippen LogP contribution in [0.4, 0.5) is 0 Å². The quantitative estimate of drug-likeness (QED) is 0.729. The van der Waals surface area contributed by atoms with E-state index >= 15 is 0 Å². The smallest absolute Gasteiger partial charge is 0.255 e. The van der Waals surface area contributed by atoms with E-state index in [4.69, 9.17) is 0 Å². The van der Waals surface area contributed by atoms with Crippen molar-refractivity contribution in [2.24, 2.45) is 0 Å². The monoisotopic (exact) mass is 292 g/mol. The number of aromatic nitrogens is 3. The second-order valence-corrected chi connectivity index (χ2v) is 5.50. The number of amides is 1. The van der Waals surface area contributed by atoms with E-state index in [1.165, 1.54) is 0 Å². The molecule has 3 aromatic heterocycles. The SMILES string of the molecule is O=C(c1cccnc1)N1CCCC1c1cccc2nccn12. The lowest BCUT2D eigenvalue weighted by atomic mass is 10.1. The van der Waals surface area contributed by atoms with Gasteiger partial charge in [0.2, 0.25) is 0 Å². The van der Waals surface area contributed by atoms with Gasteiger partial charge < -0.3 is 9.30 Å². The minimum atomic E-state index is 0.0488. The third kappa shape index (κ3) is 2.06. The summed E-state index contributed by atoms with van der Waals surface area (Å²) in [6.45, 7) is 0.781. The average Bonchev–Trinajstić information content (AvgIpc) is 3.23. The van der Waals surface area contributed by atoms with Gasteiger partial charge in [-0.2, -0.15) is 0 Å². The number of pyridine rings is 2. The molecule has 0 saturated carbocycles. The average molecular weight is 292 g/mol. The van der Waals surface area contributed by atoms with Crippen molar-refractivity contribution in [2.45, 2.75) is 18.9 Å². The van der Waals surface area contributed by atoms with E-state index in [0.29, 0.717) is 5.56 Å². The summed E-state index contributed by atoms with van der Waals surface area (Å²) in [4.78, 5) is 23.1. The van der Waals surface area contributed by atoms with Crippen LogP contribution in [0.25, 0.3) is 5.65 Å². The highest BCUT2D eigenvalue weighted by atomic mass is 16.2. The molecule has 0 N–H and O–H groups in total. The molecule has 1 aliphatic heterocycles. The van der Waals surface area contributed by atoms with E-state index in [1.807, 2.05) is 29.3 Å². The fourth-order valence-corrected chi connectivity index (χ4v) is 3.21. The number of likely N-dealkylation sites (tertiary alicyclic amines) is 1. The number of fused-ring (bicyclic) bond motifs is 1. The summed E-state index contributed by atoms with van der Waals surface area (Å²) in [7, 11) is 0. The maximum Gasteiger partial charge on any atom is 0.255 e. The van der Waals surface area contributed by atoms with E-state index in [2.05, 4.69) is 20.4 Å². The Morgan fingerprint density at radius 3 is 3.00 bits per heavy atom. The first-order chi connectivity index (χ1) is 10.8. The van der Waals surface area contributed by atoms with Gasteiger partial charge in [0.15, 0.2) is 0 Å².